The molecule has 80 valence electrons. The van der Waals surface area contributed by atoms with E-state index in [1.807, 2.05) is 0 Å². The zero-order valence-electron chi connectivity index (χ0n) is 7.73. The second kappa shape index (κ2) is 4.02. The number of amides is 1. The standard InChI is InChI=1S/C9H12F3NO/c1-7-5-3-2-4-6-13(7)8(14)9(10,11)12/h1-6H2. The van der Waals surface area contributed by atoms with Gasteiger partial charge in [0.05, 0.1) is 0 Å². The average molecular weight is 207 g/mol. The predicted molar refractivity (Wildman–Crippen MR) is 45.4 cm³/mol. The molecule has 1 heterocycles. The summed E-state index contributed by atoms with van der Waals surface area (Å²) in [6, 6.07) is 0. The molecule has 1 fully saturated rings. The molecule has 14 heavy (non-hydrogen) atoms. The number of alkyl halides is 3. The zero-order chi connectivity index (χ0) is 10.8. The van der Waals surface area contributed by atoms with Crippen LogP contribution < -0.4 is 0 Å². The maximum absolute atomic E-state index is 12.1. The van der Waals surface area contributed by atoms with E-state index >= 15 is 0 Å². The molecule has 1 aliphatic heterocycles. The lowest BCUT2D eigenvalue weighted by Gasteiger charge is -2.23. The summed E-state index contributed by atoms with van der Waals surface area (Å²) >= 11 is 0. The molecule has 1 saturated heterocycles. The minimum atomic E-state index is -4.78. The summed E-state index contributed by atoms with van der Waals surface area (Å²) in [5.41, 5.74) is 0.282. The number of allylic oxidation sites excluding steroid dienone is 1. The van der Waals surface area contributed by atoms with Gasteiger partial charge in [-0.3, -0.25) is 4.79 Å². The maximum atomic E-state index is 12.1. The number of nitrogens with zero attached hydrogens (tertiary/aromatic N) is 1. The third kappa shape index (κ3) is 2.49. The Morgan fingerprint density at radius 3 is 2.50 bits per heavy atom. The van der Waals surface area contributed by atoms with Crippen LogP contribution in [0, 0.1) is 0 Å². The zero-order valence-corrected chi connectivity index (χ0v) is 7.73. The largest absolute Gasteiger partial charge is 0.471 e. The quantitative estimate of drug-likeness (QED) is 0.597. The molecule has 0 N–H and O–H groups in total. The van der Waals surface area contributed by atoms with Crippen molar-refractivity contribution in [2.24, 2.45) is 0 Å². The Balaban J connectivity index is 2.74. The number of hydrogen-bond donors (Lipinski definition) is 0. The van der Waals surface area contributed by atoms with Crippen LogP contribution in [-0.2, 0) is 4.79 Å². The van der Waals surface area contributed by atoms with Crippen molar-refractivity contribution in [2.75, 3.05) is 6.54 Å². The van der Waals surface area contributed by atoms with Crippen LogP contribution in [0.4, 0.5) is 13.2 Å². The Bertz CT molecular complexity index is 247. The van der Waals surface area contributed by atoms with Gasteiger partial charge in [-0.1, -0.05) is 13.0 Å². The molecule has 0 saturated carbocycles. The number of carbonyl (C=O) groups is 1. The van der Waals surface area contributed by atoms with Gasteiger partial charge in [0, 0.05) is 12.2 Å². The third-order valence-corrected chi connectivity index (χ3v) is 2.22. The van der Waals surface area contributed by atoms with E-state index in [0.29, 0.717) is 12.8 Å². The molecule has 1 aliphatic rings. The molecule has 1 rings (SSSR count). The summed E-state index contributed by atoms with van der Waals surface area (Å²) in [4.78, 5) is 11.7. The molecule has 0 aromatic heterocycles. The first-order valence-corrected chi connectivity index (χ1v) is 4.49. The van der Waals surface area contributed by atoms with Crippen LogP contribution >= 0.6 is 0 Å². The Kier molecular flexibility index (Phi) is 3.18. The van der Waals surface area contributed by atoms with Gasteiger partial charge in [-0.25, -0.2) is 0 Å². The van der Waals surface area contributed by atoms with E-state index in [0.717, 1.165) is 17.7 Å². The van der Waals surface area contributed by atoms with Gasteiger partial charge in [0.25, 0.3) is 0 Å². The molecule has 0 radical (unpaired) electrons. The topological polar surface area (TPSA) is 20.3 Å². The first kappa shape index (κ1) is 11.1. The predicted octanol–water partition coefficient (Wildman–Crippen LogP) is 2.47. The molecule has 0 unspecified atom stereocenters. The van der Waals surface area contributed by atoms with Crippen molar-refractivity contribution >= 4 is 5.91 Å². The monoisotopic (exact) mass is 207 g/mol. The summed E-state index contributed by atoms with van der Waals surface area (Å²) in [6.07, 6.45) is -2.04. The number of hydrogen-bond acceptors (Lipinski definition) is 1. The van der Waals surface area contributed by atoms with Gasteiger partial charge in [0.1, 0.15) is 0 Å². The summed E-state index contributed by atoms with van der Waals surface area (Å²) in [7, 11) is 0. The highest BCUT2D eigenvalue weighted by Gasteiger charge is 2.43. The fourth-order valence-electron chi connectivity index (χ4n) is 1.47. The molecule has 2 nitrogen and oxygen atoms in total. The SMILES string of the molecule is C=C1CCCCCN1C(=O)C(F)(F)F. The minimum absolute atomic E-state index is 0.136. The highest BCUT2D eigenvalue weighted by atomic mass is 19.4. The van der Waals surface area contributed by atoms with Gasteiger partial charge < -0.3 is 4.90 Å². The van der Waals surface area contributed by atoms with Gasteiger partial charge in [-0.05, 0) is 19.3 Å². The van der Waals surface area contributed by atoms with E-state index in [4.69, 9.17) is 0 Å². The molecular weight excluding hydrogens is 195 g/mol. The first-order valence-electron chi connectivity index (χ1n) is 4.49. The van der Waals surface area contributed by atoms with Crippen LogP contribution in [0.2, 0.25) is 0 Å². The van der Waals surface area contributed by atoms with Crippen LogP contribution in [0.1, 0.15) is 25.7 Å². The number of halogens is 3. The lowest BCUT2D eigenvalue weighted by atomic mass is 10.2. The smallest absolute Gasteiger partial charge is 0.309 e. The van der Waals surface area contributed by atoms with Crippen LogP contribution in [0.5, 0.6) is 0 Å². The van der Waals surface area contributed by atoms with Gasteiger partial charge in [0.2, 0.25) is 0 Å². The van der Waals surface area contributed by atoms with Crippen molar-refractivity contribution in [2.45, 2.75) is 31.9 Å². The van der Waals surface area contributed by atoms with Crippen molar-refractivity contribution in [3.8, 4) is 0 Å². The Labute approximate surface area is 80.4 Å². The van der Waals surface area contributed by atoms with Gasteiger partial charge in [0.15, 0.2) is 0 Å². The van der Waals surface area contributed by atoms with E-state index < -0.39 is 12.1 Å². The van der Waals surface area contributed by atoms with Gasteiger partial charge >= 0.3 is 12.1 Å². The van der Waals surface area contributed by atoms with Gasteiger partial charge in [-0.15, -0.1) is 0 Å². The highest BCUT2D eigenvalue weighted by molar-refractivity contribution is 5.83. The van der Waals surface area contributed by atoms with Crippen molar-refractivity contribution in [1.29, 1.82) is 0 Å². The van der Waals surface area contributed by atoms with Crippen LogP contribution in [0.15, 0.2) is 12.3 Å². The summed E-state index contributed by atoms with van der Waals surface area (Å²) in [5.74, 6) is -1.79. The summed E-state index contributed by atoms with van der Waals surface area (Å²) in [6.45, 7) is 3.63. The van der Waals surface area contributed by atoms with Crippen molar-refractivity contribution in [3.63, 3.8) is 0 Å². The normalized spacial score (nSPS) is 19.4. The van der Waals surface area contributed by atoms with E-state index in [9.17, 15) is 18.0 Å². The molecular formula is C9H12F3NO. The summed E-state index contributed by atoms with van der Waals surface area (Å²) in [5, 5.41) is 0. The lowest BCUT2D eigenvalue weighted by molar-refractivity contribution is -0.183. The number of rotatable bonds is 0. The van der Waals surface area contributed by atoms with Crippen LogP contribution in [0.3, 0.4) is 0 Å². The van der Waals surface area contributed by atoms with Crippen molar-refractivity contribution in [3.05, 3.63) is 12.3 Å². The Morgan fingerprint density at radius 2 is 1.93 bits per heavy atom. The highest BCUT2D eigenvalue weighted by Crippen LogP contribution is 2.25. The Hall–Kier alpha value is -1.00. The molecule has 0 aliphatic carbocycles. The average Bonchev–Trinajstić information content (AvgIpc) is 2.27. The molecule has 1 amide bonds. The first-order chi connectivity index (χ1) is 6.43. The molecule has 0 atom stereocenters. The maximum Gasteiger partial charge on any atom is 0.471 e. The van der Waals surface area contributed by atoms with Crippen molar-refractivity contribution in [1.82, 2.24) is 4.90 Å². The van der Waals surface area contributed by atoms with E-state index in [-0.39, 0.29) is 12.2 Å². The lowest BCUT2D eigenvalue weighted by Crippen LogP contribution is -2.40. The van der Waals surface area contributed by atoms with Gasteiger partial charge in [-0.2, -0.15) is 13.2 Å². The minimum Gasteiger partial charge on any atom is -0.309 e. The molecule has 0 spiro atoms. The number of likely N-dealkylation sites (tertiary alicyclic amines) is 1. The molecule has 0 aromatic rings. The van der Waals surface area contributed by atoms with E-state index in [2.05, 4.69) is 6.58 Å². The fraction of sp³-hybridized carbons (Fsp3) is 0.667. The fourth-order valence-corrected chi connectivity index (χ4v) is 1.47. The van der Waals surface area contributed by atoms with Crippen LogP contribution in [0.25, 0.3) is 0 Å². The number of carbonyl (C=O) groups excluding carboxylic acids is 1. The molecule has 5 heteroatoms. The third-order valence-electron chi connectivity index (χ3n) is 2.22. The molecule has 0 bridgehead atoms. The second-order valence-electron chi connectivity index (χ2n) is 3.33. The van der Waals surface area contributed by atoms with E-state index in [1.54, 1.807) is 0 Å². The van der Waals surface area contributed by atoms with E-state index in [1.165, 1.54) is 0 Å². The van der Waals surface area contributed by atoms with Crippen LogP contribution in [-0.4, -0.2) is 23.5 Å². The second-order valence-corrected chi connectivity index (χ2v) is 3.33. The van der Waals surface area contributed by atoms with Crippen molar-refractivity contribution < 1.29 is 18.0 Å². The molecule has 0 aromatic carbocycles. The summed E-state index contributed by atoms with van der Waals surface area (Å²) < 4.78 is 36.3. The Morgan fingerprint density at radius 1 is 1.29 bits per heavy atom.